The molecule has 0 fully saturated rings. The van der Waals surface area contributed by atoms with E-state index in [1.807, 2.05) is 30.3 Å². The topological polar surface area (TPSA) is 110 Å². The van der Waals surface area contributed by atoms with E-state index in [9.17, 15) is 9.90 Å². The van der Waals surface area contributed by atoms with Crippen LogP contribution in [0.2, 0.25) is 0 Å². The first-order valence-corrected chi connectivity index (χ1v) is 7.66. The van der Waals surface area contributed by atoms with E-state index in [2.05, 4.69) is 15.1 Å². The van der Waals surface area contributed by atoms with E-state index in [-0.39, 0.29) is 5.75 Å². The maximum Gasteiger partial charge on any atom is 0.248 e. The van der Waals surface area contributed by atoms with Crippen molar-refractivity contribution in [1.29, 1.82) is 0 Å². The predicted molar refractivity (Wildman–Crippen MR) is 93.9 cm³/mol. The van der Waals surface area contributed by atoms with Gasteiger partial charge in [0.25, 0.3) is 0 Å². The summed E-state index contributed by atoms with van der Waals surface area (Å²) in [7, 11) is 1.76. The third-order valence-corrected chi connectivity index (χ3v) is 4.06. The van der Waals surface area contributed by atoms with Crippen molar-refractivity contribution < 1.29 is 9.90 Å². The Labute approximate surface area is 142 Å². The molecular formula is C18H15N5O2. The molecule has 7 heteroatoms. The van der Waals surface area contributed by atoms with E-state index in [1.165, 1.54) is 0 Å². The zero-order valence-corrected chi connectivity index (χ0v) is 13.4. The smallest absolute Gasteiger partial charge is 0.248 e. The predicted octanol–water partition coefficient (Wildman–Crippen LogP) is 2.43. The van der Waals surface area contributed by atoms with Crippen molar-refractivity contribution in [2.24, 2.45) is 12.8 Å². The van der Waals surface area contributed by atoms with Gasteiger partial charge in [0.15, 0.2) is 17.3 Å². The van der Waals surface area contributed by atoms with Gasteiger partial charge in [-0.05, 0) is 18.2 Å². The molecule has 0 spiro atoms. The number of nitrogens with one attached hydrogen (secondary N) is 1. The standard InChI is InChI=1S/C18H15N5O2/c1-23-15(10-5-3-2-4-6-10)16(24)14(22-23)18-20-12-8-7-11(17(19)25)9-13(12)21-18/h2-9,24H,1H3,(H2,19,25)(H,20,21). The number of carbonyl (C=O) groups is 1. The first-order valence-electron chi connectivity index (χ1n) is 7.66. The number of hydrogen-bond donors (Lipinski definition) is 3. The molecule has 2 aromatic carbocycles. The molecule has 4 rings (SSSR count). The number of H-pyrrole nitrogens is 1. The SMILES string of the molecule is Cn1nc(-c2nc3cc(C(N)=O)ccc3[nH]2)c(O)c1-c1ccccc1. The highest BCUT2D eigenvalue weighted by Gasteiger charge is 2.20. The van der Waals surface area contributed by atoms with Crippen LogP contribution in [0.4, 0.5) is 0 Å². The molecule has 2 aromatic heterocycles. The van der Waals surface area contributed by atoms with E-state index >= 15 is 0 Å². The second-order valence-corrected chi connectivity index (χ2v) is 5.72. The van der Waals surface area contributed by atoms with Crippen molar-refractivity contribution in [2.75, 3.05) is 0 Å². The Hall–Kier alpha value is -3.61. The number of rotatable bonds is 3. The maximum absolute atomic E-state index is 11.3. The third-order valence-electron chi connectivity index (χ3n) is 4.06. The average Bonchev–Trinajstić information content (AvgIpc) is 3.15. The first-order chi connectivity index (χ1) is 12.0. The number of benzene rings is 2. The Kier molecular flexibility index (Phi) is 3.28. The molecule has 124 valence electrons. The van der Waals surface area contributed by atoms with Gasteiger partial charge < -0.3 is 15.8 Å². The molecule has 1 amide bonds. The van der Waals surface area contributed by atoms with Crippen molar-refractivity contribution in [3.63, 3.8) is 0 Å². The molecular weight excluding hydrogens is 318 g/mol. The molecule has 2 heterocycles. The van der Waals surface area contributed by atoms with Crippen LogP contribution in [0.25, 0.3) is 33.8 Å². The minimum absolute atomic E-state index is 0.0443. The normalized spacial score (nSPS) is 11.1. The lowest BCUT2D eigenvalue weighted by Crippen LogP contribution is -2.10. The number of aryl methyl sites for hydroxylation is 1. The lowest BCUT2D eigenvalue weighted by Gasteiger charge is -2.01. The van der Waals surface area contributed by atoms with Crippen LogP contribution in [-0.4, -0.2) is 30.8 Å². The van der Waals surface area contributed by atoms with Gasteiger partial charge in [0.2, 0.25) is 5.91 Å². The van der Waals surface area contributed by atoms with Crippen LogP contribution in [0.3, 0.4) is 0 Å². The highest BCUT2D eigenvalue weighted by atomic mass is 16.3. The second kappa shape index (κ2) is 5.48. The van der Waals surface area contributed by atoms with Crippen LogP contribution >= 0.6 is 0 Å². The van der Waals surface area contributed by atoms with Gasteiger partial charge in [-0.15, -0.1) is 0 Å². The van der Waals surface area contributed by atoms with Gasteiger partial charge in [-0.2, -0.15) is 5.10 Å². The van der Waals surface area contributed by atoms with Crippen LogP contribution in [-0.2, 0) is 7.05 Å². The summed E-state index contributed by atoms with van der Waals surface area (Å²) in [5.41, 5.74) is 8.79. The Morgan fingerprint density at radius 1 is 1.20 bits per heavy atom. The summed E-state index contributed by atoms with van der Waals surface area (Å²) < 4.78 is 1.61. The molecule has 0 atom stereocenters. The molecule has 0 saturated heterocycles. The van der Waals surface area contributed by atoms with E-state index in [4.69, 9.17) is 5.73 Å². The summed E-state index contributed by atoms with van der Waals surface area (Å²) in [6, 6.07) is 14.5. The highest BCUT2D eigenvalue weighted by molar-refractivity contribution is 5.96. The number of hydrogen-bond acceptors (Lipinski definition) is 4. The number of nitrogens with two attached hydrogens (primary N) is 1. The summed E-state index contributed by atoms with van der Waals surface area (Å²) >= 11 is 0. The third kappa shape index (κ3) is 2.42. The van der Waals surface area contributed by atoms with Crippen molar-refractivity contribution in [3.05, 3.63) is 54.1 Å². The number of imidazole rings is 1. The Balaban J connectivity index is 1.85. The fourth-order valence-electron chi connectivity index (χ4n) is 2.86. The van der Waals surface area contributed by atoms with Crippen molar-refractivity contribution in [1.82, 2.24) is 19.7 Å². The average molecular weight is 333 g/mol. The zero-order valence-electron chi connectivity index (χ0n) is 13.4. The minimum Gasteiger partial charge on any atom is -0.504 e. The van der Waals surface area contributed by atoms with Crippen molar-refractivity contribution >= 4 is 16.9 Å². The molecule has 0 aliphatic heterocycles. The highest BCUT2D eigenvalue weighted by Crippen LogP contribution is 2.36. The van der Waals surface area contributed by atoms with Crippen molar-refractivity contribution in [2.45, 2.75) is 0 Å². The van der Waals surface area contributed by atoms with Crippen LogP contribution in [0.1, 0.15) is 10.4 Å². The second-order valence-electron chi connectivity index (χ2n) is 5.72. The van der Waals surface area contributed by atoms with Crippen molar-refractivity contribution in [3.8, 4) is 28.5 Å². The largest absolute Gasteiger partial charge is 0.504 e. The molecule has 0 aliphatic rings. The summed E-state index contributed by atoms with van der Waals surface area (Å²) in [5.74, 6) is -0.0479. The number of carbonyl (C=O) groups excluding carboxylic acids is 1. The molecule has 7 nitrogen and oxygen atoms in total. The number of nitrogens with zero attached hydrogens (tertiary/aromatic N) is 3. The van der Waals surface area contributed by atoms with E-state index in [1.54, 1.807) is 29.9 Å². The maximum atomic E-state index is 11.3. The molecule has 0 saturated carbocycles. The van der Waals surface area contributed by atoms with Gasteiger partial charge in [-0.25, -0.2) is 4.98 Å². The van der Waals surface area contributed by atoms with E-state index < -0.39 is 5.91 Å². The Bertz CT molecular complexity index is 1100. The summed E-state index contributed by atoms with van der Waals surface area (Å²) in [5, 5.41) is 15.1. The summed E-state index contributed by atoms with van der Waals surface area (Å²) in [4.78, 5) is 18.9. The monoisotopic (exact) mass is 333 g/mol. The van der Waals surface area contributed by atoms with Gasteiger partial charge in [-0.3, -0.25) is 9.48 Å². The fraction of sp³-hybridized carbons (Fsp3) is 0.0556. The van der Waals surface area contributed by atoms with Crippen LogP contribution < -0.4 is 5.73 Å². The quantitative estimate of drug-likeness (QED) is 0.535. The Morgan fingerprint density at radius 3 is 2.68 bits per heavy atom. The molecule has 0 aliphatic carbocycles. The van der Waals surface area contributed by atoms with Gasteiger partial charge in [0.1, 0.15) is 5.69 Å². The number of amides is 1. The lowest BCUT2D eigenvalue weighted by molar-refractivity contribution is 0.100. The van der Waals surface area contributed by atoms with E-state index in [0.29, 0.717) is 28.3 Å². The number of aromatic amines is 1. The number of aromatic nitrogens is 4. The molecule has 4 N–H and O–H groups in total. The summed E-state index contributed by atoms with van der Waals surface area (Å²) in [6.45, 7) is 0. The number of primary amides is 1. The van der Waals surface area contributed by atoms with Crippen LogP contribution in [0, 0.1) is 0 Å². The number of aromatic hydroxyl groups is 1. The fourth-order valence-corrected chi connectivity index (χ4v) is 2.86. The molecule has 0 bridgehead atoms. The molecule has 0 unspecified atom stereocenters. The molecule has 0 radical (unpaired) electrons. The first kappa shape index (κ1) is 14.9. The van der Waals surface area contributed by atoms with E-state index in [0.717, 1.165) is 11.1 Å². The molecule has 4 aromatic rings. The zero-order chi connectivity index (χ0) is 17.6. The van der Waals surface area contributed by atoms with Gasteiger partial charge in [0.05, 0.1) is 11.0 Å². The minimum atomic E-state index is -0.515. The lowest BCUT2D eigenvalue weighted by atomic mass is 10.1. The summed E-state index contributed by atoms with van der Waals surface area (Å²) in [6.07, 6.45) is 0. The van der Waals surface area contributed by atoms with Gasteiger partial charge in [0, 0.05) is 18.2 Å². The van der Waals surface area contributed by atoms with Gasteiger partial charge in [-0.1, -0.05) is 30.3 Å². The Morgan fingerprint density at radius 2 is 1.96 bits per heavy atom. The number of fused-ring (bicyclic) bond motifs is 1. The molecule has 25 heavy (non-hydrogen) atoms. The van der Waals surface area contributed by atoms with Crippen LogP contribution in [0.5, 0.6) is 5.75 Å². The van der Waals surface area contributed by atoms with Gasteiger partial charge >= 0.3 is 0 Å². The van der Waals surface area contributed by atoms with Crippen LogP contribution in [0.15, 0.2) is 48.5 Å².